The lowest BCUT2D eigenvalue weighted by molar-refractivity contribution is -0.137. The van der Waals surface area contributed by atoms with Gasteiger partial charge in [0.2, 0.25) is 0 Å². The molecule has 1 aliphatic carbocycles. The first kappa shape index (κ1) is 8.45. The summed E-state index contributed by atoms with van der Waals surface area (Å²) in [5.41, 5.74) is -0.393. The second kappa shape index (κ2) is 2.44. The second-order valence-corrected chi connectivity index (χ2v) is 3.04. The quantitative estimate of drug-likeness (QED) is 0.547. The molecule has 0 nitrogen and oxygen atoms in total. The number of hydrogen-bond donors (Lipinski definition) is 0. The zero-order chi connectivity index (χ0) is 8.54. The smallest absolute Gasteiger partial charge is 0.171 e. The molecule has 0 bridgehead atoms. The number of alkyl halides is 3. The van der Waals surface area contributed by atoms with Crippen molar-refractivity contribution >= 4 is 0 Å². The summed E-state index contributed by atoms with van der Waals surface area (Å²) in [4.78, 5) is 0. The zero-order valence-electron chi connectivity index (χ0n) is 6.04. The van der Waals surface area contributed by atoms with Gasteiger partial charge in [0.1, 0.15) is 0 Å². The Hall–Kier alpha value is -0.650. The fraction of sp³-hybridized carbons (Fsp3) is 0.750. The molecule has 0 aromatic carbocycles. The van der Waals surface area contributed by atoms with Gasteiger partial charge in [-0.15, -0.1) is 6.42 Å². The van der Waals surface area contributed by atoms with Gasteiger partial charge >= 0.3 is 6.18 Å². The molecule has 0 aromatic heterocycles. The summed E-state index contributed by atoms with van der Waals surface area (Å²) in [6.45, 7) is 0. The van der Waals surface area contributed by atoms with Crippen LogP contribution in [0.3, 0.4) is 0 Å². The molecule has 0 amide bonds. The van der Waals surface area contributed by atoms with Crippen LogP contribution in [-0.4, -0.2) is 6.18 Å². The molecular weight excluding hydrogens is 153 g/mol. The van der Waals surface area contributed by atoms with E-state index in [0.717, 1.165) is 12.8 Å². The molecule has 0 heterocycles. The molecule has 1 fully saturated rings. The van der Waals surface area contributed by atoms with Crippen molar-refractivity contribution in [2.75, 3.05) is 0 Å². The van der Waals surface area contributed by atoms with Crippen LogP contribution in [0.15, 0.2) is 0 Å². The van der Waals surface area contributed by atoms with Gasteiger partial charge in [-0.05, 0) is 19.3 Å². The zero-order valence-corrected chi connectivity index (χ0v) is 6.04. The molecule has 0 saturated heterocycles. The van der Waals surface area contributed by atoms with Gasteiger partial charge in [-0.1, -0.05) is 5.92 Å². The van der Waals surface area contributed by atoms with Crippen LogP contribution in [0.1, 0.15) is 25.7 Å². The Labute approximate surface area is 63.8 Å². The summed E-state index contributed by atoms with van der Waals surface area (Å²) >= 11 is 0. The van der Waals surface area contributed by atoms with Crippen LogP contribution in [0.5, 0.6) is 0 Å². The molecule has 62 valence electrons. The molecule has 1 aliphatic rings. The summed E-state index contributed by atoms with van der Waals surface area (Å²) in [6.07, 6.45) is 1.92. The third-order valence-electron chi connectivity index (χ3n) is 2.05. The van der Waals surface area contributed by atoms with Gasteiger partial charge in [-0.2, -0.15) is 13.2 Å². The van der Waals surface area contributed by atoms with Crippen molar-refractivity contribution in [3.05, 3.63) is 0 Å². The molecule has 3 heteroatoms. The van der Waals surface area contributed by atoms with E-state index in [-0.39, 0.29) is 6.42 Å². The highest BCUT2D eigenvalue weighted by molar-refractivity contribution is 5.14. The summed E-state index contributed by atoms with van der Waals surface area (Å²) in [6, 6.07) is 0. The average molecular weight is 162 g/mol. The Kier molecular flexibility index (Phi) is 1.87. The standard InChI is InChI=1S/C8H9F3/c1-2-7(3-4-7)5-6-8(9,10)11/h1H,3-6H2. The normalized spacial score (nSPS) is 20.9. The van der Waals surface area contributed by atoms with Crippen molar-refractivity contribution in [1.29, 1.82) is 0 Å². The van der Waals surface area contributed by atoms with Gasteiger partial charge in [-0.3, -0.25) is 0 Å². The highest BCUT2D eigenvalue weighted by atomic mass is 19.4. The number of hydrogen-bond acceptors (Lipinski definition) is 0. The van der Waals surface area contributed by atoms with Gasteiger partial charge in [0.25, 0.3) is 0 Å². The number of rotatable bonds is 2. The van der Waals surface area contributed by atoms with E-state index < -0.39 is 18.0 Å². The Bertz CT molecular complexity index is 180. The van der Waals surface area contributed by atoms with Gasteiger partial charge in [-0.25, -0.2) is 0 Å². The van der Waals surface area contributed by atoms with E-state index in [9.17, 15) is 13.2 Å². The lowest BCUT2D eigenvalue weighted by atomic mass is 10.0. The molecule has 0 aliphatic heterocycles. The third-order valence-corrected chi connectivity index (χ3v) is 2.05. The van der Waals surface area contributed by atoms with E-state index in [1.807, 2.05) is 0 Å². The molecule has 0 atom stereocenters. The van der Waals surface area contributed by atoms with Crippen molar-refractivity contribution < 1.29 is 13.2 Å². The van der Waals surface area contributed by atoms with Crippen LogP contribution >= 0.6 is 0 Å². The fourth-order valence-corrected chi connectivity index (χ4v) is 0.998. The Balaban J connectivity index is 2.29. The topological polar surface area (TPSA) is 0 Å². The van der Waals surface area contributed by atoms with E-state index in [1.165, 1.54) is 0 Å². The van der Waals surface area contributed by atoms with Crippen LogP contribution < -0.4 is 0 Å². The van der Waals surface area contributed by atoms with Crippen LogP contribution in [-0.2, 0) is 0 Å². The van der Waals surface area contributed by atoms with Crippen LogP contribution in [0.4, 0.5) is 13.2 Å². The summed E-state index contributed by atoms with van der Waals surface area (Å²) in [5, 5.41) is 0. The van der Waals surface area contributed by atoms with Crippen LogP contribution in [0.25, 0.3) is 0 Å². The summed E-state index contributed by atoms with van der Waals surface area (Å²) in [5.74, 6) is 2.42. The first-order chi connectivity index (χ1) is 4.97. The molecule has 0 unspecified atom stereocenters. The summed E-state index contributed by atoms with van der Waals surface area (Å²) < 4.78 is 35.0. The first-order valence-corrected chi connectivity index (χ1v) is 3.52. The minimum absolute atomic E-state index is 0.104. The molecule has 0 aromatic rings. The molecule has 0 N–H and O–H groups in total. The lowest BCUT2D eigenvalue weighted by Gasteiger charge is -2.09. The SMILES string of the molecule is C#CC1(CCC(F)(F)F)CC1. The average Bonchev–Trinajstić information content (AvgIpc) is 2.63. The predicted octanol–water partition coefficient (Wildman–Crippen LogP) is 2.74. The molecule has 0 radical (unpaired) electrons. The maximum Gasteiger partial charge on any atom is 0.389 e. The minimum atomic E-state index is -4.05. The molecule has 1 rings (SSSR count). The van der Waals surface area contributed by atoms with E-state index in [4.69, 9.17) is 6.42 Å². The Morgan fingerprint density at radius 2 is 1.91 bits per heavy atom. The largest absolute Gasteiger partial charge is 0.389 e. The molecular formula is C8H9F3. The van der Waals surface area contributed by atoms with E-state index >= 15 is 0 Å². The van der Waals surface area contributed by atoms with Gasteiger partial charge < -0.3 is 0 Å². The van der Waals surface area contributed by atoms with E-state index in [1.54, 1.807) is 0 Å². The van der Waals surface area contributed by atoms with Crippen molar-refractivity contribution in [3.63, 3.8) is 0 Å². The van der Waals surface area contributed by atoms with Crippen LogP contribution in [0, 0.1) is 17.8 Å². The molecule has 11 heavy (non-hydrogen) atoms. The van der Waals surface area contributed by atoms with Crippen LogP contribution in [0.2, 0.25) is 0 Å². The summed E-state index contributed by atoms with van der Waals surface area (Å²) in [7, 11) is 0. The third kappa shape index (κ3) is 2.45. The van der Waals surface area contributed by atoms with Crippen molar-refractivity contribution in [3.8, 4) is 12.3 Å². The van der Waals surface area contributed by atoms with Crippen molar-refractivity contribution in [1.82, 2.24) is 0 Å². The number of terminal acetylenes is 1. The van der Waals surface area contributed by atoms with Crippen molar-refractivity contribution in [2.24, 2.45) is 5.41 Å². The predicted molar refractivity (Wildman–Crippen MR) is 35.8 cm³/mol. The maximum atomic E-state index is 11.7. The van der Waals surface area contributed by atoms with Gasteiger partial charge in [0.05, 0.1) is 0 Å². The van der Waals surface area contributed by atoms with E-state index in [2.05, 4.69) is 5.92 Å². The number of halogens is 3. The fourth-order valence-electron chi connectivity index (χ4n) is 0.998. The van der Waals surface area contributed by atoms with Gasteiger partial charge in [0, 0.05) is 11.8 Å². The molecule has 1 saturated carbocycles. The Morgan fingerprint density at radius 3 is 2.18 bits per heavy atom. The monoisotopic (exact) mass is 162 g/mol. The second-order valence-electron chi connectivity index (χ2n) is 3.04. The van der Waals surface area contributed by atoms with E-state index in [0.29, 0.717) is 0 Å². The molecule has 0 spiro atoms. The van der Waals surface area contributed by atoms with Crippen molar-refractivity contribution in [2.45, 2.75) is 31.9 Å². The highest BCUT2D eigenvalue weighted by Gasteiger charge is 2.43. The first-order valence-electron chi connectivity index (χ1n) is 3.52. The van der Waals surface area contributed by atoms with Gasteiger partial charge in [0.15, 0.2) is 0 Å². The Morgan fingerprint density at radius 1 is 1.36 bits per heavy atom. The lowest BCUT2D eigenvalue weighted by Crippen LogP contribution is -2.10. The minimum Gasteiger partial charge on any atom is -0.171 e. The maximum absolute atomic E-state index is 11.7. The highest BCUT2D eigenvalue weighted by Crippen LogP contribution is 2.50.